The van der Waals surface area contributed by atoms with Crippen LogP contribution in [-0.2, 0) is 0 Å². The first kappa shape index (κ1) is 15.8. The van der Waals surface area contributed by atoms with Crippen molar-refractivity contribution in [1.82, 2.24) is 5.32 Å². The van der Waals surface area contributed by atoms with E-state index < -0.39 is 0 Å². The van der Waals surface area contributed by atoms with Crippen molar-refractivity contribution in [2.75, 3.05) is 6.54 Å². The van der Waals surface area contributed by atoms with Gasteiger partial charge in [-0.2, -0.15) is 0 Å². The summed E-state index contributed by atoms with van der Waals surface area (Å²) in [4.78, 5) is 0. The molecule has 0 saturated heterocycles. The summed E-state index contributed by atoms with van der Waals surface area (Å²) in [5.74, 6) is 0. The Morgan fingerprint density at radius 1 is 1.50 bits per heavy atom. The van der Waals surface area contributed by atoms with Gasteiger partial charge in [-0.25, -0.2) is 0 Å². The van der Waals surface area contributed by atoms with Crippen molar-refractivity contribution in [3.8, 4) is 0 Å². The minimum atomic E-state index is -0.0734. The Morgan fingerprint density at radius 3 is 2.50 bits per heavy atom. The van der Waals surface area contributed by atoms with Gasteiger partial charge in [-0.05, 0) is 19.9 Å². The van der Waals surface area contributed by atoms with Crippen LogP contribution in [0.1, 0.15) is 27.7 Å². The minimum Gasteiger partial charge on any atom is -0.389 e. The van der Waals surface area contributed by atoms with E-state index in [1.807, 2.05) is 39.0 Å². The molecule has 1 atom stereocenters. The highest BCUT2D eigenvalue weighted by Gasteiger charge is 1.87. The van der Waals surface area contributed by atoms with Crippen molar-refractivity contribution < 1.29 is 0 Å². The zero-order valence-corrected chi connectivity index (χ0v) is 10.4. The summed E-state index contributed by atoms with van der Waals surface area (Å²) >= 11 is 5.77. The molecule has 0 bridgehead atoms. The lowest BCUT2D eigenvalue weighted by Gasteiger charge is -1.99. The van der Waals surface area contributed by atoms with Crippen LogP contribution in [-0.4, -0.2) is 11.9 Å². The number of hydrogen-bond donors (Lipinski definition) is 1. The first-order valence-corrected chi connectivity index (χ1v) is 5.50. The molecule has 14 heavy (non-hydrogen) atoms. The largest absolute Gasteiger partial charge is 0.389 e. The highest BCUT2D eigenvalue weighted by molar-refractivity contribution is 6.22. The standard InChI is InChI=1S/C10H16ClN.C2H6/c1-4-10(11)8-6-7-9(3)12-5-2;1-2/h4,6-8,10,12H,1,5H2,2-3H3;1-2H3/b8-6-,9-7+;. The normalized spacial score (nSPS) is 13.1. The van der Waals surface area contributed by atoms with E-state index in [1.54, 1.807) is 6.08 Å². The summed E-state index contributed by atoms with van der Waals surface area (Å²) in [6, 6.07) is 0. The minimum absolute atomic E-state index is 0.0734. The van der Waals surface area contributed by atoms with Gasteiger partial charge >= 0.3 is 0 Å². The average Bonchev–Trinajstić information content (AvgIpc) is 2.21. The number of hydrogen-bond acceptors (Lipinski definition) is 1. The van der Waals surface area contributed by atoms with Gasteiger partial charge in [0, 0.05) is 12.2 Å². The first-order valence-electron chi connectivity index (χ1n) is 5.06. The van der Waals surface area contributed by atoms with Crippen LogP contribution < -0.4 is 5.32 Å². The van der Waals surface area contributed by atoms with E-state index in [2.05, 4.69) is 18.8 Å². The fourth-order valence-electron chi connectivity index (χ4n) is 0.722. The number of halogens is 1. The molecule has 2 heteroatoms. The van der Waals surface area contributed by atoms with Crippen LogP contribution in [0.3, 0.4) is 0 Å². The van der Waals surface area contributed by atoms with E-state index in [0.717, 1.165) is 12.2 Å². The molecule has 0 heterocycles. The van der Waals surface area contributed by atoms with E-state index in [4.69, 9.17) is 11.6 Å². The van der Waals surface area contributed by atoms with Crippen molar-refractivity contribution in [1.29, 1.82) is 0 Å². The van der Waals surface area contributed by atoms with Crippen LogP contribution in [0.15, 0.2) is 36.6 Å². The molecule has 0 spiro atoms. The number of allylic oxidation sites excluding steroid dienone is 5. The summed E-state index contributed by atoms with van der Waals surface area (Å²) in [5.41, 5.74) is 1.14. The van der Waals surface area contributed by atoms with Gasteiger partial charge in [0.1, 0.15) is 0 Å². The maximum Gasteiger partial charge on any atom is 0.0697 e. The Morgan fingerprint density at radius 2 is 2.07 bits per heavy atom. The van der Waals surface area contributed by atoms with Gasteiger partial charge < -0.3 is 5.32 Å². The van der Waals surface area contributed by atoms with Crippen molar-refractivity contribution >= 4 is 11.6 Å². The number of alkyl halides is 1. The van der Waals surface area contributed by atoms with Crippen molar-refractivity contribution in [2.24, 2.45) is 0 Å². The van der Waals surface area contributed by atoms with Crippen LogP contribution >= 0.6 is 11.6 Å². The molecule has 1 unspecified atom stereocenters. The van der Waals surface area contributed by atoms with Crippen LogP contribution in [0.25, 0.3) is 0 Å². The number of nitrogens with one attached hydrogen (secondary N) is 1. The molecule has 0 radical (unpaired) electrons. The van der Waals surface area contributed by atoms with Gasteiger partial charge in [0.25, 0.3) is 0 Å². The molecule has 0 aromatic carbocycles. The van der Waals surface area contributed by atoms with E-state index in [9.17, 15) is 0 Å². The Hall–Kier alpha value is -0.690. The van der Waals surface area contributed by atoms with Crippen LogP contribution in [0.2, 0.25) is 0 Å². The number of rotatable bonds is 5. The molecule has 0 fully saturated rings. The predicted molar refractivity (Wildman–Crippen MR) is 67.8 cm³/mol. The third-order valence-corrected chi connectivity index (χ3v) is 1.65. The highest BCUT2D eigenvalue weighted by Crippen LogP contribution is 1.98. The van der Waals surface area contributed by atoms with Gasteiger partial charge in [0.2, 0.25) is 0 Å². The van der Waals surface area contributed by atoms with Gasteiger partial charge in [-0.15, -0.1) is 18.2 Å². The highest BCUT2D eigenvalue weighted by atomic mass is 35.5. The van der Waals surface area contributed by atoms with Crippen LogP contribution in [0, 0.1) is 0 Å². The lowest BCUT2D eigenvalue weighted by molar-refractivity contribution is 0.854. The molecule has 0 aliphatic carbocycles. The molecule has 0 rings (SSSR count). The van der Waals surface area contributed by atoms with E-state index in [1.165, 1.54) is 0 Å². The zero-order valence-electron chi connectivity index (χ0n) is 9.68. The van der Waals surface area contributed by atoms with Crippen LogP contribution in [0.5, 0.6) is 0 Å². The van der Waals surface area contributed by atoms with Crippen molar-refractivity contribution in [3.63, 3.8) is 0 Å². The maximum absolute atomic E-state index is 5.77. The van der Waals surface area contributed by atoms with Gasteiger partial charge in [-0.3, -0.25) is 0 Å². The van der Waals surface area contributed by atoms with Gasteiger partial charge in [0.05, 0.1) is 5.38 Å². The second-order valence-corrected chi connectivity index (χ2v) is 2.95. The lowest BCUT2D eigenvalue weighted by Crippen LogP contribution is -2.08. The quantitative estimate of drug-likeness (QED) is 0.417. The smallest absolute Gasteiger partial charge is 0.0697 e. The summed E-state index contributed by atoms with van der Waals surface area (Å²) in [5, 5.41) is 3.10. The molecular formula is C12H22ClN. The summed E-state index contributed by atoms with van der Waals surface area (Å²) in [6.07, 6.45) is 7.49. The summed E-state index contributed by atoms with van der Waals surface area (Å²) in [7, 11) is 0. The third kappa shape index (κ3) is 11.3. The molecule has 0 aliphatic heterocycles. The second-order valence-electron chi connectivity index (χ2n) is 2.45. The van der Waals surface area contributed by atoms with Crippen molar-refractivity contribution in [3.05, 3.63) is 36.6 Å². The molecule has 0 aromatic heterocycles. The second kappa shape index (κ2) is 12.3. The molecule has 1 N–H and O–H groups in total. The summed E-state index contributed by atoms with van der Waals surface area (Å²) < 4.78 is 0. The van der Waals surface area contributed by atoms with Crippen molar-refractivity contribution in [2.45, 2.75) is 33.1 Å². The molecule has 0 saturated carbocycles. The molecule has 82 valence electrons. The van der Waals surface area contributed by atoms with Crippen LogP contribution in [0.4, 0.5) is 0 Å². The topological polar surface area (TPSA) is 12.0 Å². The molecular weight excluding hydrogens is 194 g/mol. The van der Waals surface area contributed by atoms with E-state index in [0.29, 0.717) is 0 Å². The third-order valence-electron chi connectivity index (χ3n) is 1.32. The Labute approximate surface area is 93.5 Å². The van der Waals surface area contributed by atoms with Gasteiger partial charge in [-0.1, -0.05) is 32.1 Å². The average molecular weight is 216 g/mol. The van der Waals surface area contributed by atoms with E-state index in [-0.39, 0.29) is 5.38 Å². The van der Waals surface area contributed by atoms with E-state index >= 15 is 0 Å². The maximum atomic E-state index is 5.77. The Balaban J connectivity index is 0. The Bertz CT molecular complexity index is 183. The predicted octanol–water partition coefficient (Wildman–Crippen LogP) is 3.88. The summed E-state index contributed by atoms with van der Waals surface area (Å²) in [6.45, 7) is 12.6. The molecule has 0 amide bonds. The molecule has 0 aliphatic rings. The fraction of sp³-hybridized carbons (Fsp3) is 0.500. The van der Waals surface area contributed by atoms with Gasteiger partial charge in [0.15, 0.2) is 0 Å². The molecule has 1 nitrogen and oxygen atoms in total. The SMILES string of the molecule is C=CC(Cl)/C=C\C=C(/C)NCC.CC. The lowest BCUT2D eigenvalue weighted by atomic mass is 10.3. The first-order chi connectivity index (χ1) is 6.70. The fourth-order valence-corrected chi connectivity index (χ4v) is 0.806. The zero-order chi connectivity index (χ0) is 11.4. The monoisotopic (exact) mass is 215 g/mol. The Kier molecular flexibility index (Phi) is 13.9. The molecule has 0 aromatic rings.